The number of esters is 1. The highest BCUT2D eigenvalue weighted by molar-refractivity contribution is 5.89. The third-order valence-corrected chi connectivity index (χ3v) is 3.82. The Balaban J connectivity index is 1.94. The molecule has 1 saturated heterocycles. The predicted molar refractivity (Wildman–Crippen MR) is 80.0 cm³/mol. The van der Waals surface area contributed by atoms with E-state index in [2.05, 4.69) is 15.4 Å². The van der Waals surface area contributed by atoms with Gasteiger partial charge in [-0.1, -0.05) is 18.6 Å². The van der Waals surface area contributed by atoms with Crippen molar-refractivity contribution in [3.63, 3.8) is 0 Å². The molecule has 1 aromatic rings. The van der Waals surface area contributed by atoms with Gasteiger partial charge in [-0.2, -0.15) is 0 Å². The van der Waals surface area contributed by atoms with Gasteiger partial charge in [-0.3, -0.25) is 4.79 Å². The minimum Gasteiger partial charge on any atom is -0.465 e. The number of nitrogens with one attached hydrogen (secondary N) is 2. The van der Waals surface area contributed by atoms with Crippen molar-refractivity contribution in [3.8, 4) is 0 Å². The van der Waals surface area contributed by atoms with E-state index in [1.54, 1.807) is 12.1 Å². The van der Waals surface area contributed by atoms with Crippen LogP contribution in [0.1, 0.15) is 48.1 Å². The average molecular weight is 290 g/mol. The van der Waals surface area contributed by atoms with Crippen molar-refractivity contribution < 1.29 is 14.3 Å². The standard InChI is InChI=1S/C16H22N2O3/c1-11(18-15(19)14-5-3-4-10-17-14)12-6-8-13(9-7-12)16(20)21-2/h6-9,11,14,17H,3-5,10H2,1-2H3,(H,18,19). The van der Waals surface area contributed by atoms with E-state index < -0.39 is 0 Å². The Hall–Kier alpha value is -1.88. The number of benzene rings is 1. The van der Waals surface area contributed by atoms with Crippen LogP contribution in [-0.4, -0.2) is 31.6 Å². The first kappa shape index (κ1) is 15.5. The van der Waals surface area contributed by atoms with Crippen LogP contribution in [-0.2, 0) is 9.53 Å². The van der Waals surface area contributed by atoms with E-state index in [1.807, 2.05) is 19.1 Å². The molecule has 2 atom stereocenters. The van der Waals surface area contributed by atoms with E-state index in [9.17, 15) is 9.59 Å². The highest BCUT2D eigenvalue weighted by atomic mass is 16.5. The normalized spacial score (nSPS) is 19.6. The number of methoxy groups -OCH3 is 1. The number of piperidine rings is 1. The summed E-state index contributed by atoms with van der Waals surface area (Å²) in [5.74, 6) is -0.316. The minimum atomic E-state index is -0.357. The van der Waals surface area contributed by atoms with Crippen LogP contribution in [0.3, 0.4) is 0 Å². The number of ether oxygens (including phenoxy) is 1. The zero-order valence-corrected chi connectivity index (χ0v) is 12.5. The molecule has 5 heteroatoms. The molecule has 0 radical (unpaired) electrons. The van der Waals surface area contributed by atoms with Crippen LogP contribution in [0.5, 0.6) is 0 Å². The molecule has 2 N–H and O–H groups in total. The molecule has 0 bridgehead atoms. The van der Waals surface area contributed by atoms with Gasteiger partial charge in [0.1, 0.15) is 0 Å². The predicted octanol–water partition coefficient (Wildman–Crippen LogP) is 1.79. The van der Waals surface area contributed by atoms with E-state index in [0.29, 0.717) is 5.56 Å². The van der Waals surface area contributed by atoms with Gasteiger partial charge in [-0.15, -0.1) is 0 Å². The van der Waals surface area contributed by atoms with Crippen LogP contribution in [0, 0.1) is 0 Å². The molecular formula is C16H22N2O3. The quantitative estimate of drug-likeness (QED) is 0.830. The fraction of sp³-hybridized carbons (Fsp3) is 0.500. The smallest absolute Gasteiger partial charge is 0.337 e. The third kappa shape index (κ3) is 4.04. The van der Waals surface area contributed by atoms with E-state index >= 15 is 0 Å². The largest absolute Gasteiger partial charge is 0.465 e. The fourth-order valence-electron chi connectivity index (χ4n) is 2.50. The van der Waals surface area contributed by atoms with Crippen molar-refractivity contribution in [2.75, 3.05) is 13.7 Å². The second kappa shape index (κ2) is 7.22. The van der Waals surface area contributed by atoms with E-state index in [4.69, 9.17) is 0 Å². The maximum Gasteiger partial charge on any atom is 0.337 e. The Morgan fingerprint density at radius 3 is 2.57 bits per heavy atom. The van der Waals surface area contributed by atoms with Gasteiger partial charge < -0.3 is 15.4 Å². The summed E-state index contributed by atoms with van der Waals surface area (Å²) in [6.07, 6.45) is 3.11. The Kier molecular flexibility index (Phi) is 5.33. The molecule has 5 nitrogen and oxygen atoms in total. The molecule has 2 rings (SSSR count). The average Bonchev–Trinajstić information content (AvgIpc) is 2.55. The molecule has 2 unspecified atom stereocenters. The minimum absolute atomic E-state index is 0.0410. The summed E-state index contributed by atoms with van der Waals surface area (Å²) in [5, 5.41) is 6.25. The fourth-order valence-corrected chi connectivity index (χ4v) is 2.50. The summed E-state index contributed by atoms with van der Waals surface area (Å²) < 4.78 is 4.66. The van der Waals surface area contributed by atoms with Crippen LogP contribution >= 0.6 is 0 Å². The van der Waals surface area contributed by atoms with Gasteiger partial charge in [0, 0.05) is 0 Å². The van der Waals surface area contributed by atoms with Crippen molar-refractivity contribution in [1.29, 1.82) is 0 Å². The molecule has 114 valence electrons. The number of amides is 1. The maximum absolute atomic E-state index is 12.2. The number of hydrogen-bond acceptors (Lipinski definition) is 4. The highest BCUT2D eigenvalue weighted by Gasteiger charge is 2.22. The SMILES string of the molecule is COC(=O)c1ccc(C(C)NC(=O)C2CCCCN2)cc1. The van der Waals surface area contributed by atoms with Crippen molar-refractivity contribution in [1.82, 2.24) is 10.6 Å². The lowest BCUT2D eigenvalue weighted by atomic mass is 10.0. The highest BCUT2D eigenvalue weighted by Crippen LogP contribution is 2.15. The number of hydrogen-bond donors (Lipinski definition) is 2. The van der Waals surface area contributed by atoms with Gasteiger partial charge in [0.25, 0.3) is 0 Å². The van der Waals surface area contributed by atoms with Crippen molar-refractivity contribution in [3.05, 3.63) is 35.4 Å². The van der Waals surface area contributed by atoms with E-state index in [0.717, 1.165) is 31.4 Å². The molecule has 21 heavy (non-hydrogen) atoms. The summed E-state index contributed by atoms with van der Waals surface area (Å²) >= 11 is 0. The molecule has 0 spiro atoms. The van der Waals surface area contributed by atoms with E-state index in [1.165, 1.54) is 7.11 Å². The van der Waals surface area contributed by atoms with Gasteiger partial charge in [0.05, 0.1) is 24.8 Å². The molecule has 0 aliphatic carbocycles. The molecule has 1 amide bonds. The Labute approximate surface area is 125 Å². The summed E-state index contributed by atoms with van der Waals surface area (Å²) in [5.41, 5.74) is 1.47. The lowest BCUT2D eigenvalue weighted by Crippen LogP contribution is -2.47. The zero-order chi connectivity index (χ0) is 15.2. The summed E-state index contributed by atoms with van der Waals surface area (Å²) in [6.45, 7) is 2.84. The molecule has 1 aromatic carbocycles. The number of rotatable bonds is 4. The van der Waals surface area contributed by atoms with Crippen LogP contribution in [0.15, 0.2) is 24.3 Å². The molecule has 1 fully saturated rings. The Morgan fingerprint density at radius 2 is 2.00 bits per heavy atom. The zero-order valence-electron chi connectivity index (χ0n) is 12.5. The lowest BCUT2D eigenvalue weighted by molar-refractivity contribution is -0.124. The van der Waals surface area contributed by atoms with Crippen molar-refractivity contribution in [2.45, 2.75) is 38.3 Å². The van der Waals surface area contributed by atoms with Gasteiger partial charge in [-0.05, 0) is 44.0 Å². The molecule has 1 aliphatic rings. The van der Waals surface area contributed by atoms with Gasteiger partial charge in [-0.25, -0.2) is 4.79 Å². The first-order chi connectivity index (χ1) is 10.1. The molecule has 0 saturated carbocycles. The molecular weight excluding hydrogens is 268 g/mol. The molecule has 0 aromatic heterocycles. The van der Waals surface area contributed by atoms with Gasteiger partial charge in [0.2, 0.25) is 5.91 Å². The lowest BCUT2D eigenvalue weighted by Gasteiger charge is -2.24. The Morgan fingerprint density at radius 1 is 1.29 bits per heavy atom. The van der Waals surface area contributed by atoms with E-state index in [-0.39, 0.29) is 24.0 Å². The number of carbonyl (C=O) groups is 2. The summed E-state index contributed by atoms with van der Waals surface area (Å²) in [7, 11) is 1.36. The second-order valence-electron chi connectivity index (χ2n) is 5.35. The second-order valence-corrected chi connectivity index (χ2v) is 5.35. The molecule has 1 aliphatic heterocycles. The Bertz CT molecular complexity index is 493. The van der Waals surface area contributed by atoms with Crippen LogP contribution in [0.2, 0.25) is 0 Å². The first-order valence-corrected chi connectivity index (χ1v) is 7.34. The van der Waals surface area contributed by atoms with Crippen molar-refractivity contribution in [2.24, 2.45) is 0 Å². The van der Waals surface area contributed by atoms with Crippen LogP contribution < -0.4 is 10.6 Å². The molecule has 1 heterocycles. The van der Waals surface area contributed by atoms with Crippen LogP contribution in [0.25, 0.3) is 0 Å². The summed E-state index contributed by atoms with van der Waals surface area (Å²) in [4.78, 5) is 23.5. The monoisotopic (exact) mass is 290 g/mol. The van der Waals surface area contributed by atoms with Gasteiger partial charge >= 0.3 is 5.97 Å². The first-order valence-electron chi connectivity index (χ1n) is 7.34. The maximum atomic E-state index is 12.2. The number of carbonyl (C=O) groups excluding carboxylic acids is 2. The van der Waals surface area contributed by atoms with Gasteiger partial charge in [0.15, 0.2) is 0 Å². The van der Waals surface area contributed by atoms with Crippen molar-refractivity contribution >= 4 is 11.9 Å². The van der Waals surface area contributed by atoms with Crippen LogP contribution in [0.4, 0.5) is 0 Å². The topological polar surface area (TPSA) is 67.4 Å². The third-order valence-electron chi connectivity index (χ3n) is 3.82. The summed E-state index contributed by atoms with van der Waals surface area (Å²) in [6, 6.07) is 6.92.